The molecular weight excluding hydrogens is 382 g/mol. The fraction of sp³-hybridized carbons (Fsp3) is 0.174. The predicted molar refractivity (Wildman–Crippen MR) is 119 cm³/mol. The lowest BCUT2D eigenvalue weighted by atomic mass is 10.0. The van der Waals surface area contributed by atoms with Crippen molar-refractivity contribution in [1.29, 1.82) is 0 Å². The van der Waals surface area contributed by atoms with Crippen molar-refractivity contribution < 1.29 is 4.79 Å². The first-order valence-electron chi connectivity index (χ1n) is 9.34. The van der Waals surface area contributed by atoms with Gasteiger partial charge in [0.05, 0.1) is 11.7 Å². The van der Waals surface area contributed by atoms with Gasteiger partial charge in [-0.25, -0.2) is 4.98 Å². The number of nitrogens with zero attached hydrogens (tertiary/aromatic N) is 2. The summed E-state index contributed by atoms with van der Waals surface area (Å²) in [5.74, 6) is -0.263. The molecule has 0 saturated heterocycles. The van der Waals surface area contributed by atoms with Crippen LogP contribution in [0.1, 0.15) is 16.0 Å². The molecule has 1 N–H and O–H groups in total. The quantitative estimate of drug-likeness (QED) is 0.538. The summed E-state index contributed by atoms with van der Waals surface area (Å²) < 4.78 is 1.37. The number of hydrogen-bond donors (Lipinski definition) is 1. The molecule has 1 amide bonds. The molecule has 0 aliphatic heterocycles. The maximum atomic E-state index is 13.2. The van der Waals surface area contributed by atoms with E-state index in [0.29, 0.717) is 15.9 Å². The second kappa shape index (κ2) is 7.64. The summed E-state index contributed by atoms with van der Waals surface area (Å²) >= 11 is 1.50. The SMILES string of the molecule is Cc1ccc(NC(=O)Cn2cnc3sc(C)c(-c4ccc(C)cc4)c3c2=O)cc1. The Morgan fingerprint density at radius 1 is 1.00 bits per heavy atom. The van der Waals surface area contributed by atoms with E-state index in [2.05, 4.69) is 10.3 Å². The van der Waals surface area contributed by atoms with Crippen LogP contribution < -0.4 is 10.9 Å². The molecule has 2 aromatic carbocycles. The fourth-order valence-corrected chi connectivity index (χ4v) is 4.31. The molecule has 2 heterocycles. The lowest BCUT2D eigenvalue weighted by Gasteiger charge is -2.08. The lowest BCUT2D eigenvalue weighted by molar-refractivity contribution is -0.116. The van der Waals surface area contributed by atoms with Gasteiger partial charge in [0.15, 0.2) is 0 Å². The molecule has 146 valence electrons. The normalized spacial score (nSPS) is 11.0. The number of benzene rings is 2. The number of rotatable bonds is 4. The van der Waals surface area contributed by atoms with Gasteiger partial charge in [-0.05, 0) is 38.5 Å². The van der Waals surface area contributed by atoms with E-state index < -0.39 is 0 Å². The number of aromatic nitrogens is 2. The van der Waals surface area contributed by atoms with Crippen molar-refractivity contribution >= 4 is 33.1 Å². The van der Waals surface area contributed by atoms with Crippen LogP contribution in [0.2, 0.25) is 0 Å². The number of amides is 1. The van der Waals surface area contributed by atoms with Gasteiger partial charge in [0.25, 0.3) is 5.56 Å². The van der Waals surface area contributed by atoms with Gasteiger partial charge in [0.1, 0.15) is 11.4 Å². The van der Waals surface area contributed by atoms with E-state index in [-0.39, 0.29) is 18.0 Å². The minimum absolute atomic E-state index is 0.0854. The van der Waals surface area contributed by atoms with E-state index in [4.69, 9.17) is 0 Å². The number of hydrogen-bond acceptors (Lipinski definition) is 4. The van der Waals surface area contributed by atoms with Crippen LogP contribution in [0.15, 0.2) is 59.7 Å². The smallest absolute Gasteiger partial charge is 0.263 e. The first kappa shape index (κ1) is 19.1. The van der Waals surface area contributed by atoms with Crippen LogP contribution in [-0.4, -0.2) is 15.5 Å². The molecular formula is C23H21N3O2S. The molecule has 0 saturated carbocycles. The molecule has 0 spiro atoms. The summed E-state index contributed by atoms with van der Waals surface area (Å²) in [6.45, 7) is 5.93. The van der Waals surface area contributed by atoms with Gasteiger partial charge in [0, 0.05) is 16.1 Å². The second-order valence-corrected chi connectivity index (χ2v) is 8.37. The third-order valence-corrected chi connectivity index (χ3v) is 5.86. The first-order chi connectivity index (χ1) is 13.9. The highest BCUT2D eigenvalue weighted by Gasteiger charge is 2.17. The molecule has 29 heavy (non-hydrogen) atoms. The zero-order valence-electron chi connectivity index (χ0n) is 16.5. The van der Waals surface area contributed by atoms with Crippen LogP contribution in [0.4, 0.5) is 5.69 Å². The van der Waals surface area contributed by atoms with Crippen molar-refractivity contribution in [2.45, 2.75) is 27.3 Å². The van der Waals surface area contributed by atoms with Gasteiger partial charge in [-0.1, -0.05) is 47.5 Å². The average molecular weight is 404 g/mol. The maximum Gasteiger partial charge on any atom is 0.263 e. The predicted octanol–water partition coefficient (Wildman–Crippen LogP) is 4.69. The van der Waals surface area contributed by atoms with Crippen molar-refractivity contribution in [3.63, 3.8) is 0 Å². The van der Waals surface area contributed by atoms with Gasteiger partial charge >= 0.3 is 0 Å². The van der Waals surface area contributed by atoms with E-state index in [1.54, 1.807) is 0 Å². The molecule has 0 aliphatic rings. The van der Waals surface area contributed by atoms with E-state index in [9.17, 15) is 9.59 Å². The topological polar surface area (TPSA) is 64.0 Å². The molecule has 2 aromatic heterocycles. The Bertz CT molecular complexity index is 1250. The monoisotopic (exact) mass is 403 g/mol. The molecule has 0 atom stereocenters. The molecule has 5 nitrogen and oxygen atoms in total. The first-order valence-corrected chi connectivity index (χ1v) is 10.2. The number of aryl methyl sites for hydroxylation is 3. The van der Waals surface area contributed by atoms with Crippen molar-refractivity contribution in [3.05, 3.63) is 81.2 Å². The molecule has 4 rings (SSSR count). The minimum atomic E-state index is -0.263. The summed E-state index contributed by atoms with van der Waals surface area (Å²) in [4.78, 5) is 31.8. The van der Waals surface area contributed by atoms with Crippen molar-refractivity contribution in [2.75, 3.05) is 5.32 Å². The van der Waals surface area contributed by atoms with Crippen molar-refractivity contribution in [2.24, 2.45) is 0 Å². The van der Waals surface area contributed by atoms with Crippen LogP contribution >= 0.6 is 11.3 Å². The van der Waals surface area contributed by atoms with Crippen LogP contribution in [0, 0.1) is 20.8 Å². The van der Waals surface area contributed by atoms with Gasteiger partial charge in [-0.15, -0.1) is 11.3 Å². The fourth-order valence-electron chi connectivity index (χ4n) is 3.31. The molecule has 0 radical (unpaired) electrons. The number of anilines is 1. The van der Waals surface area contributed by atoms with Gasteiger partial charge in [-0.2, -0.15) is 0 Å². The Morgan fingerprint density at radius 2 is 1.62 bits per heavy atom. The number of carbonyl (C=O) groups is 1. The van der Waals surface area contributed by atoms with Gasteiger partial charge in [0.2, 0.25) is 5.91 Å². The van der Waals surface area contributed by atoms with Gasteiger partial charge < -0.3 is 5.32 Å². The number of fused-ring (bicyclic) bond motifs is 1. The Hall–Kier alpha value is -3.25. The number of thiophene rings is 1. The summed E-state index contributed by atoms with van der Waals surface area (Å²) in [6, 6.07) is 15.6. The molecule has 0 unspecified atom stereocenters. The van der Waals surface area contributed by atoms with E-state index >= 15 is 0 Å². The van der Waals surface area contributed by atoms with Crippen molar-refractivity contribution in [3.8, 4) is 11.1 Å². The van der Waals surface area contributed by atoms with E-state index in [1.165, 1.54) is 22.2 Å². The molecule has 6 heteroatoms. The standard InChI is InChI=1S/C23H21N3O2S/c1-14-4-8-17(9-5-14)20-16(3)29-22-21(20)23(28)26(13-24-22)12-19(27)25-18-10-6-15(2)7-11-18/h4-11,13H,12H2,1-3H3,(H,25,27). The maximum absolute atomic E-state index is 13.2. The zero-order chi connectivity index (χ0) is 20.5. The van der Waals surface area contributed by atoms with Crippen LogP contribution in [0.5, 0.6) is 0 Å². The van der Waals surface area contributed by atoms with Crippen molar-refractivity contribution in [1.82, 2.24) is 9.55 Å². The molecule has 0 bridgehead atoms. The average Bonchev–Trinajstić information content (AvgIpc) is 3.03. The van der Waals surface area contributed by atoms with Crippen LogP contribution in [0.3, 0.4) is 0 Å². The minimum Gasteiger partial charge on any atom is -0.325 e. The number of nitrogens with one attached hydrogen (secondary N) is 1. The Morgan fingerprint density at radius 3 is 2.28 bits per heavy atom. The summed E-state index contributed by atoms with van der Waals surface area (Å²) in [7, 11) is 0. The Kier molecular flexibility index (Phi) is 5.03. The second-order valence-electron chi connectivity index (χ2n) is 7.17. The number of carbonyl (C=O) groups excluding carboxylic acids is 1. The molecule has 0 fully saturated rings. The zero-order valence-corrected chi connectivity index (χ0v) is 17.3. The largest absolute Gasteiger partial charge is 0.325 e. The highest BCUT2D eigenvalue weighted by Crippen LogP contribution is 2.35. The lowest BCUT2D eigenvalue weighted by Crippen LogP contribution is -2.27. The third-order valence-electron chi connectivity index (χ3n) is 4.84. The highest BCUT2D eigenvalue weighted by molar-refractivity contribution is 7.19. The summed E-state index contributed by atoms with van der Waals surface area (Å²) in [6.07, 6.45) is 1.45. The molecule has 0 aliphatic carbocycles. The van der Waals surface area contributed by atoms with E-state index in [1.807, 2.05) is 69.3 Å². The van der Waals surface area contributed by atoms with Gasteiger partial charge in [-0.3, -0.25) is 14.2 Å². The Labute approximate surface area is 172 Å². The molecule has 4 aromatic rings. The van der Waals surface area contributed by atoms with Crippen LogP contribution in [0.25, 0.3) is 21.3 Å². The van der Waals surface area contributed by atoms with Crippen LogP contribution in [-0.2, 0) is 11.3 Å². The third kappa shape index (κ3) is 3.84. The summed E-state index contributed by atoms with van der Waals surface area (Å²) in [5.41, 5.74) is 4.67. The Balaban J connectivity index is 1.69. The summed E-state index contributed by atoms with van der Waals surface area (Å²) in [5, 5.41) is 3.40. The van der Waals surface area contributed by atoms with E-state index in [0.717, 1.165) is 27.1 Å². The highest BCUT2D eigenvalue weighted by atomic mass is 32.1.